The Morgan fingerprint density at radius 3 is 2.70 bits per heavy atom. The molecule has 1 amide bonds. The minimum Gasteiger partial charge on any atom is -0.480 e. The monoisotopic (exact) mass is 315 g/mol. The number of hydrogen-bond acceptors (Lipinski definition) is 5. The van der Waals surface area contributed by atoms with Gasteiger partial charge < -0.3 is 10.4 Å². The van der Waals surface area contributed by atoms with E-state index in [1.807, 2.05) is 6.26 Å². The Labute approximate surface area is 125 Å². The zero-order valence-electron chi connectivity index (χ0n) is 11.1. The molecule has 7 heteroatoms. The van der Waals surface area contributed by atoms with Crippen LogP contribution in [0.3, 0.4) is 0 Å². The van der Waals surface area contributed by atoms with Crippen LogP contribution in [0.25, 0.3) is 0 Å². The van der Waals surface area contributed by atoms with Gasteiger partial charge in [0.1, 0.15) is 6.04 Å². The van der Waals surface area contributed by atoms with Crippen molar-refractivity contribution in [2.45, 2.75) is 25.3 Å². The second-order valence-electron chi connectivity index (χ2n) is 4.14. The summed E-state index contributed by atoms with van der Waals surface area (Å²) in [5, 5.41) is 13.2. The van der Waals surface area contributed by atoms with Gasteiger partial charge in [-0.1, -0.05) is 6.07 Å². The van der Waals surface area contributed by atoms with Crippen molar-refractivity contribution in [1.82, 2.24) is 5.32 Å². The van der Waals surface area contributed by atoms with Crippen LogP contribution in [-0.2, 0) is 9.59 Å². The number of rotatable bonds is 9. The molecule has 0 aliphatic heterocycles. The van der Waals surface area contributed by atoms with Gasteiger partial charge in [0.25, 0.3) is 0 Å². The van der Waals surface area contributed by atoms with E-state index < -0.39 is 17.9 Å². The number of hydrogen-bond donors (Lipinski definition) is 2. The van der Waals surface area contributed by atoms with E-state index in [1.165, 1.54) is 23.1 Å². The van der Waals surface area contributed by atoms with Gasteiger partial charge in [-0.05, 0) is 29.9 Å². The Balaban J connectivity index is 2.38. The smallest absolute Gasteiger partial charge is 0.326 e. The van der Waals surface area contributed by atoms with Gasteiger partial charge in [0.05, 0.1) is 4.88 Å². The van der Waals surface area contributed by atoms with Crippen molar-refractivity contribution in [2.24, 2.45) is 0 Å². The molecule has 1 unspecified atom stereocenters. The molecule has 1 rings (SSSR count). The predicted octanol–water partition coefficient (Wildman–Crippen LogP) is 2.03. The molecule has 110 valence electrons. The molecule has 0 bridgehead atoms. The first kappa shape index (κ1) is 16.7. The molecule has 1 heterocycles. The molecule has 0 saturated carbocycles. The van der Waals surface area contributed by atoms with Crippen molar-refractivity contribution >= 4 is 40.8 Å². The third-order valence-corrected chi connectivity index (χ3v) is 4.17. The van der Waals surface area contributed by atoms with Crippen LogP contribution in [0.5, 0.6) is 0 Å². The second-order valence-corrected chi connectivity index (χ2v) is 6.07. The number of thiophene rings is 1. The highest BCUT2D eigenvalue weighted by atomic mass is 32.2. The molecule has 1 atom stereocenters. The summed E-state index contributed by atoms with van der Waals surface area (Å²) >= 11 is 2.86. The first-order chi connectivity index (χ1) is 9.54. The highest BCUT2D eigenvalue weighted by molar-refractivity contribution is 7.98. The molecule has 1 aromatic rings. The van der Waals surface area contributed by atoms with Gasteiger partial charge >= 0.3 is 5.97 Å². The number of carbonyl (C=O) groups is 3. The van der Waals surface area contributed by atoms with E-state index in [-0.39, 0.29) is 18.6 Å². The summed E-state index contributed by atoms with van der Waals surface area (Å²) in [4.78, 5) is 35.0. The number of ketones is 1. The summed E-state index contributed by atoms with van der Waals surface area (Å²) in [6.07, 6.45) is 2.36. The summed E-state index contributed by atoms with van der Waals surface area (Å²) in [5.41, 5.74) is 0. The van der Waals surface area contributed by atoms with Gasteiger partial charge in [-0.25, -0.2) is 4.79 Å². The van der Waals surface area contributed by atoms with E-state index in [1.54, 1.807) is 17.5 Å². The number of carbonyl (C=O) groups excluding carboxylic acids is 2. The fraction of sp³-hybridized carbons (Fsp3) is 0.462. The first-order valence-electron chi connectivity index (χ1n) is 6.12. The van der Waals surface area contributed by atoms with Crippen molar-refractivity contribution in [3.8, 4) is 0 Å². The average molecular weight is 315 g/mol. The molecule has 1 aromatic heterocycles. The molecular weight excluding hydrogens is 298 g/mol. The summed E-state index contributed by atoms with van der Waals surface area (Å²) < 4.78 is 0. The Morgan fingerprint density at radius 1 is 1.40 bits per heavy atom. The van der Waals surface area contributed by atoms with Gasteiger partial charge in [-0.2, -0.15) is 11.8 Å². The van der Waals surface area contributed by atoms with Crippen LogP contribution in [0, 0.1) is 0 Å². The highest BCUT2D eigenvalue weighted by Gasteiger charge is 2.19. The molecule has 0 saturated heterocycles. The zero-order chi connectivity index (χ0) is 15.0. The Bertz CT molecular complexity index is 459. The quantitative estimate of drug-likeness (QED) is 0.681. The van der Waals surface area contributed by atoms with Crippen LogP contribution < -0.4 is 5.32 Å². The van der Waals surface area contributed by atoms with E-state index in [2.05, 4.69) is 5.32 Å². The van der Waals surface area contributed by atoms with Crippen LogP contribution in [-0.4, -0.2) is 40.8 Å². The Kier molecular flexibility index (Phi) is 7.32. The summed E-state index contributed by atoms with van der Waals surface area (Å²) in [5.74, 6) is -0.878. The second kappa shape index (κ2) is 8.76. The van der Waals surface area contributed by atoms with Crippen LogP contribution in [0.4, 0.5) is 0 Å². The summed E-state index contributed by atoms with van der Waals surface area (Å²) in [7, 11) is 0. The minimum absolute atomic E-state index is 0.0137. The first-order valence-corrected chi connectivity index (χ1v) is 8.39. The third-order valence-electron chi connectivity index (χ3n) is 2.62. The lowest BCUT2D eigenvalue weighted by atomic mass is 10.1. The molecule has 0 spiro atoms. The van der Waals surface area contributed by atoms with Gasteiger partial charge in [-0.15, -0.1) is 11.3 Å². The molecule has 0 aromatic carbocycles. The molecule has 0 fully saturated rings. The van der Waals surface area contributed by atoms with E-state index >= 15 is 0 Å². The fourth-order valence-electron chi connectivity index (χ4n) is 1.55. The maximum Gasteiger partial charge on any atom is 0.326 e. The van der Waals surface area contributed by atoms with E-state index in [9.17, 15) is 14.4 Å². The van der Waals surface area contributed by atoms with Crippen molar-refractivity contribution < 1.29 is 19.5 Å². The number of aliphatic carboxylic acids is 1. The number of thioether (sulfide) groups is 1. The molecule has 20 heavy (non-hydrogen) atoms. The lowest BCUT2D eigenvalue weighted by molar-refractivity contribution is -0.141. The average Bonchev–Trinajstić information content (AvgIpc) is 2.94. The highest BCUT2D eigenvalue weighted by Crippen LogP contribution is 2.12. The molecule has 5 nitrogen and oxygen atoms in total. The largest absolute Gasteiger partial charge is 0.480 e. The maximum atomic E-state index is 11.7. The topological polar surface area (TPSA) is 83.5 Å². The lowest BCUT2D eigenvalue weighted by Crippen LogP contribution is -2.41. The van der Waals surface area contributed by atoms with Crippen molar-refractivity contribution in [1.29, 1.82) is 0 Å². The molecule has 0 radical (unpaired) electrons. The fourth-order valence-corrected chi connectivity index (χ4v) is 2.71. The number of carboxylic acid groups (broad SMARTS) is 1. The van der Waals surface area contributed by atoms with Gasteiger partial charge in [0, 0.05) is 12.8 Å². The number of nitrogens with one attached hydrogen (secondary N) is 1. The van der Waals surface area contributed by atoms with Gasteiger partial charge in [0.2, 0.25) is 5.91 Å². The Morgan fingerprint density at radius 2 is 2.15 bits per heavy atom. The Hall–Kier alpha value is -1.34. The molecule has 0 aliphatic carbocycles. The van der Waals surface area contributed by atoms with Crippen LogP contribution in [0.2, 0.25) is 0 Å². The summed E-state index contributed by atoms with van der Waals surface area (Å²) in [6.45, 7) is 0. The van der Waals surface area contributed by atoms with E-state index in [0.717, 1.165) is 0 Å². The lowest BCUT2D eigenvalue weighted by Gasteiger charge is -2.13. The normalized spacial score (nSPS) is 11.8. The van der Waals surface area contributed by atoms with Crippen molar-refractivity contribution in [2.75, 3.05) is 12.0 Å². The zero-order valence-corrected chi connectivity index (χ0v) is 12.8. The molecule has 0 aliphatic rings. The standard InChI is InChI=1S/C13H17NO4S2/c1-19-8-6-9(13(17)18)14-12(16)5-4-10(15)11-3-2-7-20-11/h2-3,7,9H,4-6,8H2,1H3,(H,14,16)(H,17,18). The molecular formula is C13H17NO4S2. The maximum absolute atomic E-state index is 11.7. The van der Waals surface area contributed by atoms with Crippen molar-refractivity contribution in [3.63, 3.8) is 0 Å². The van der Waals surface area contributed by atoms with Gasteiger partial charge in [-0.3, -0.25) is 9.59 Å². The van der Waals surface area contributed by atoms with Crippen LogP contribution in [0.1, 0.15) is 28.9 Å². The minimum atomic E-state index is -1.04. The van der Waals surface area contributed by atoms with E-state index in [0.29, 0.717) is 17.1 Å². The number of carboxylic acids is 1. The SMILES string of the molecule is CSCCC(NC(=O)CCC(=O)c1cccs1)C(=O)O. The number of amides is 1. The van der Waals surface area contributed by atoms with Crippen molar-refractivity contribution in [3.05, 3.63) is 22.4 Å². The van der Waals surface area contributed by atoms with Crippen LogP contribution >= 0.6 is 23.1 Å². The third kappa shape index (κ3) is 5.75. The van der Waals surface area contributed by atoms with Gasteiger partial charge in [0.15, 0.2) is 5.78 Å². The summed E-state index contributed by atoms with van der Waals surface area (Å²) in [6, 6.07) is 2.61. The van der Waals surface area contributed by atoms with E-state index in [4.69, 9.17) is 5.11 Å². The predicted molar refractivity (Wildman–Crippen MR) is 80.4 cm³/mol. The van der Waals surface area contributed by atoms with Crippen LogP contribution in [0.15, 0.2) is 17.5 Å². The molecule has 2 N–H and O–H groups in total. The number of Topliss-reactive ketones (excluding diaryl/α,β-unsaturated/α-hetero) is 1.